The molecular weight excluding hydrogens is 404 g/mol. The summed E-state index contributed by atoms with van der Waals surface area (Å²) in [4.78, 5) is 4.02. The van der Waals surface area contributed by atoms with Crippen LogP contribution < -0.4 is 16.4 Å². The molecule has 0 aliphatic carbocycles. The van der Waals surface area contributed by atoms with Crippen LogP contribution in [0.4, 0.5) is 5.13 Å². The summed E-state index contributed by atoms with van der Waals surface area (Å²) in [5, 5.41) is 18.2. The van der Waals surface area contributed by atoms with E-state index in [0.29, 0.717) is 11.1 Å². The number of aliphatic imine (C=N–C) groups is 1. The molecule has 1 fully saturated rings. The zero-order chi connectivity index (χ0) is 21.2. The molecule has 0 bridgehead atoms. The minimum atomic E-state index is 0.0715. The molecule has 6 nitrogen and oxygen atoms in total. The molecule has 0 saturated carbocycles. The van der Waals surface area contributed by atoms with Crippen LogP contribution in [0.1, 0.15) is 46.1 Å². The summed E-state index contributed by atoms with van der Waals surface area (Å²) < 4.78 is 0. The Kier molecular flexibility index (Phi) is 6.31. The smallest absolute Gasteiger partial charge is 0.206 e. The predicted octanol–water partition coefficient (Wildman–Crippen LogP) is 4.58. The lowest BCUT2D eigenvalue weighted by molar-refractivity contribution is 0.170. The first-order valence-electron chi connectivity index (χ1n) is 9.66. The number of hydrogen-bond donors (Lipinski definition) is 3. The highest BCUT2D eigenvalue weighted by Crippen LogP contribution is 2.35. The monoisotopic (exact) mass is 432 g/mol. The van der Waals surface area contributed by atoms with E-state index in [0.717, 1.165) is 39.7 Å². The SMILES string of the molecule is CN=CC(=CN)c1ccc(-c2nnc(NC3CC(C)(C)NC(C)(C)C3)s2)c(Cl)c1. The average molecular weight is 433 g/mol. The number of aromatic nitrogens is 2. The van der Waals surface area contributed by atoms with Crippen LogP contribution in [0.5, 0.6) is 0 Å². The lowest BCUT2D eigenvalue weighted by Crippen LogP contribution is -2.60. The second-order valence-electron chi connectivity index (χ2n) is 8.76. The maximum atomic E-state index is 6.54. The van der Waals surface area contributed by atoms with Crippen LogP contribution >= 0.6 is 22.9 Å². The topological polar surface area (TPSA) is 88.2 Å². The van der Waals surface area contributed by atoms with Gasteiger partial charge in [0, 0.05) is 47.7 Å². The number of nitrogens with one attached hydrogen (secondary N) is 2. The van der Waals surface area contributed by atoms with Gasteiger partial charge in [0.25, 0.3) is 0 Å². The van der Waals surface area contributed by atoms with Crippen molar-refractivity contribution in [2.75, 3.05) is 12.4 Å². The van der Waals surface area contributed by atoms with Gasteiger partial charge >= 0.3 is 0 Å². The van der Waals surface area contributed by atoms with Gasteiger partial charge in [0.15, 0.2) is 5.01 Å². The largest absolute Gasteiger partial charge is 0.404 e. The molecule has 1 aromatic carbocycles. The van der Waals surface area contributed by atoms with Crippen LogP contribution in [0.2, 0.25) is 5.02 Å². The highest BCUT2D eigenvalue weighted by molar-refractivity contribution is 7.18. The third-order valence-electron chi connectivity index (χ3n) is 4.92. The van der Waals surface area contributed by atoms with Crippen LogP contribution in [-0.4, -0.2) is 40.6 Å². The van der Waals surface area contributed by atoms with Gasteiger partial charge in [-0.15, -0.1) is 10.2 Å². The highest BCUT2D eigenvalue weighted by atomic mass is 35.5. The number of rotatable bonds is 5. The number of piperidine rings is 1. The Labute approximate surface area is 181 Å². The lowest BCUT2D eigenvalue weighted by atomic mass is 9.80. The first kappa shape index (κ1) is 21.7. The van der Waals surface area contributed by atoms with E-state index in [-0.39, 0.29) is 11.1 Å². The quantitative estimate of drug-likeness (QED) is 0.602. The summed E-state index contributed by atoms with van der Waals surface area (Å²) in [5.41, 5.74) is 8.42. The maximum absolute atomic E-state index is 6.54. The summed E-state index contributed by atoms with van der Waals surface area (Å²) >= 11 is 8.06. The van der Waals surface area contributed by atoms with Gasteiger partial charge in [-0.2, -0.15) is 0 Å². The molecule has 1 aromatic heterocycles. The van der Waals surface area contributed by atoms with Crippen molar-refractivity contribution in [2.45, 2.75) is 57.7 Å². The van der Waals surface area contributed by atoms with Gasteiger partial charge in [0.05, 0.1) is 5.02 Å². The average Bonchev–Trinajstić information content (AvgIpc) is 3.04. The van der Waals surface area contributed by atoms with Crippen molar-refractivity contribution in [3.63, 3.8) is 0 Å². The van der Waals surface area contributed by atoms with Crippen molar-refractivity contribution >= 4 is 39.9 Å². The van der Waals surface area contributed by atoms with Crippen LogP contribution in [0.15, 0.2) is 29.4 Å². The minimum absolute atomic E-state index is 0.0715. The van der Waals surface area contributed by atoms with Gasteiger partial charge in [0.1, 0.15) is 0 Å². The fourth-order valence-corrected chi connectivity index (χ4v) is 5.40. The zero-order valence-electron chi connectivity index (χ0n) is 17.6. The molecule has 1 aliphatic heterocycles. The molecule has 3 rings (SSSR count). The van der Waals surface area contributed by atoms with Crippen LogP contribution in [0.3, 0.4) is 0 Å². The summed E-state index contributed by atoms with van der Waals surface area (Å²) in [6, 6.07) is 6.13. The fraction of sp³-hybridized carbons (Fsp3) is 0.476. The molecule has 4 N–H and O–H groups in total. The number of nitrogens with two attached hydrogens (primary N) is 1. The van der Waals surface area contributed by atoms with Crippen LogP contribution in [0, 0.1) is 0 Å². The Bertz CT molecular complexity index is 915. The Morgan fingerprint density at radius 1 is 1.28 bits per heavy atom. The third-order valence-corrected chi connectivity index (χ3v) is 6.12. The zero-order valence-corrected chi connectivity index (χ0v) is 19.2. The minimum Gasteiger partial charge on any atom is -0.404 e. The van der Waals surface area contributed by atoms with Crippen molar-refractivity contribution in [1.29, 1.82) is 0 Å². The molecule has 1 saturated heterocycles. The van der Waals surface area contributed by atoms with Gasteiger partial charge in [-0.05, 0) is 58.2 Å². The van der Waals surface area contributed by atoms with E-state index in [1.807, 2.05) is 18.2 Å². The second kappa shape index (κ2) is 8.42. The molecule has 2 heterocycles. The second-order valence-corrected chi connectivity index (χ2v) is 10.1. The van der Waals surface area contributed by atoms with Gasteiger partial charge in [-0.25, -0.2) is 0 Å². The summed E-state index contributed by atoms with van der Waals surface area (Å²) in [6.45, 7) is 8.96. The number of benzene rings is 1. The van der Waals surface area contributed by atoms with Crippen LogP contribution in [-0.2, 0) is 0 Å². The van der Waals surface area contributed by atoms with Gasteiger partial charge < -0.3 is 16.4 Å². The molecule has 0 amide bonds. The predicted molar refractivity (Wildman–Crippen MR) is 125 cm³/mol. The first-order valence-corrected chi connectivity index (χ1v) is 10.9. The van der Waals surface area contributed by atoms with E-state index in [4.69, 9.17) is 17.3 Å². The van der Waals surface area contributed by atoms with E-state index >= 15 is 0 Å². The van der Waals surface area contributed by atoms with Gasteiger partial charge in [0.2, 0.25) is 5.13 Å². The number of halogens is 1. The van der Waals surface area contributed by atoms with Gasteiger partial charge in [-0.1, -0.05) is 29.0 Å². The Morgan fingerprint density at radius 3 is 2.55 bits per heavy atom. The van der Waals surface area contributed by atoms with E-state index in [2.05, 4.69) is 53.5 Å². The summed E-state index contributed by atoms with van der Waals surface area (Å²) in [7, 11) is 1.71. The summed E-state index contributed by atoms with van der Waals surface area (Å²) in [5.74, 6) is 0. The van der Waals surface area contributed by atoms with E-state index < -0.39 is 0 Å². The Balaban J connectivity index is 1.78. The first-order chi connectivity index (χ1) is 13.6. The van der Waals surface area contributed by atoms with Crippen molar-refractivity contribution in [3.05, 3.63) is 35.0 Å². The number of anilines is 1. The molecule has 0 radical (unpaired) electrons. The Morgan fingerprint density at radius 2 is 1.97 bits per heavy atom. The molecular formula is C21H29ClN6S. The summed E-state index contributed by atoms with van der Waals surface area (Å²) in [6.07, 6.45) is 5.27. The van der Waals surface area contributed by atoms with E-state index in [1.54, 1.807) is 13.3 Å². The van der Waals surface area contributed by atoms with Crippen LogP contribution in [0.25, 0.3) is 16.1 Å². The highest BCUT2D eigenvalue weighted by Gasteiger charge is 2.37. The standard InChI is InChI=1S/C21H29ClN6S/c1-20(2)9-15(10-21(3,4)28-20)25-19-27-26-18(29-19)16-7-6-13(8-17(16)22)14(11-23)12-24-5/h6-8,11-12,15,28H,9-10,23H2,1-5H3,(H,25,27). The Hall–Kier alpha value is -1.96. The lowest BCUT2D eigenvalue weighted by Gasteiger charge is -2.46. The van der Waals surface area contributed by atoms with E-state index in [1.165, 1.54) is 17.5 Å². The molecule has 0 atom stereocenters. The molecule has 29 heavy (non-hydrogen) atoms. The maximum Gasteiger partial charge on any atom is 0.206 e. The molecule has 1 aliphatic rings. The van der Waals surface area contributed by atoms with Crippen molar-refractivity contribution in [1.82, 2.24) is 15.5 Å². The number of nitrogens with zero attached hydrogens (tertiary/aromatic N) is 3. The third kappa shape index (κ3) is 5.35. The molecule has 0 spiro atoms. The van der Waals surface area contributed by atoms with Crippen molar-refractivity contribution < 1.29 is 0 Å². The number of allylic oxidation sites excluding steroid dienone is 1. The van der Waals surface area contributed by atoms with E-state index in [9.17, 15) is 0 Å². The molecule has 8 heteroatoms. The molecule has 156 valence electrons. The van der Waals surface area contributed by atoms with Crippen molar-refractivity contribution in [2.24, 2.45) is 10.7 Å². The fourth-order valence-electron chi connectivity index (χ4n) is 4.21. The number of hydrogen-bond acceptors (Lipinski definition) is 7. The molecule has 2 aromatic rings. The van der Waals surface area contributed by atoms with Crippen molar-refractivity contribution in [3.8, 4) is 10.6 Å². The van der Waals surface area contributed by atoms with Gasteiger partial charge in [-0.3, -0.25) is 4.99 Å². The normalized spacial score (nSPS) is 19.6. The molecule has 0 unspecified atom stereocenters.